The van der Waals surface area contributed by atoms with Gasteiger partial charge in [-0.3, -0.25) is 0 Å². The summed E-state index contributed by atoms with van der Waals surface area (Å²) in [4.78, 5) is 0. The molecule has 0 aromatic rings. The molecule has 2 fully saturated rings. The molecule has 1 N–H and O–H groups in total. The summed E-state index contributed by atoms with van der Waals surface area (Å²) in [6.45, 7) is 8.82. The van der Waals surface area contributed by atoms with Gasteiger partial charge >= 0.3 is 0 Å². The summed E-state index contributed by atoms with van der Waals surface area (Å²) in [5.41, 5.74) is 0.114. The monoisotopic (exact) mass is 295 g/mol. The fourth-order valence-corrected chi connectivity index (χ4v) is 4.95. The van der Waals surface area contributed by atoms with Gasteiger partial charge in [-0.1, -0.05) is 52.4 Å². The number of nitrogens with one attached hydrogen (secondary N) is 1. The van der Waals surface area contributed by atoms with E-state index in [1.165, 1.54) is 64.2 Å². The number of rotatable bonds is 6. The van der Waals surface area contributed by atoms with E-state index in [9.17, 15) is 0 Å². The van der Waals surface area contributed by atoms with Crippen molar-refractivity contribution in [3.8, 4) is 0 Å². The molecule has 0 amide bonds. The highest BCUT2D eigenvalue weighted by Crippen LogP contribution is 2.41. The quantitative estimate of drug-likeness (QED) is 0.702. The third kappa shape index (κ3) is 4.45. The Labute approximate surface area is 132 Å². The standard InChI is InChI=1S/C19H37NO/c1-4-20-18(17-12-10-11-16(3)15-17)19(21-5-2)13-8-6-7-9-14-19/h16-18,20H,4-15H2,1-3H3. The maximum atomic E-state index is 6.49. The summed E-state index contributed by atoms with van der Waals surface area (Å²) in [5.74, 6) is 1.72. The third-order valence-electron chi connectivity index (χ3n) is 5.82. The first kappa shape index (κ1) is 17.3. The van der Waals surface area contributed by atoms with Crippen LogP contribution in [0.2, 0.25) is 0 Å². The second kappa shape index (κ2) is 8.53. The second-order valence-corrected chi connectivity index (χ2v) is 7.48. The van der Waals surface area contributed by atoms with Crippen LogP contribution in [0.5, 0.6) is 0 Å². The molecule has 124 valence electrons. The minimum Gasteiger partial charge on any atom is -0.374 e. The van der Waals surface area contributed by atoms with Gasteiger partial charge < -0.3 is 10.1 Å². The van der Waals surface area contributed by atoms with Gasteiger partial charge in [0.2, 0.25) is 0 Å². The van der Waals surface area contributed by atoms with Crippen LogP contribution in [0.15, 0.2) is 0 Å². The van der Waals surface area contributed by atoms with Gasteiger partial charge in [0.25, 0.3) is 0 Å². The largest absolute Gasteiger partial charge is 0.374 e. The van der Waals surface area contributed by atoms with Crippen molar-refractivity contribution in [1.82, 2.24) is 5.32 Å². The number of hydrogen-bond acceptors (Lipinski definition) is 2. The minimum atomic E-state index is 0.114. The minimum absolute atomic E-state index is 0.114. The normalized spacial score (nSPS) is 31.6. The van der Waals surface area contributed by atoms with Crippen LogP contribution in [0.3, 0.4) is 0 Å². The van der Waals surface area contributed by atoms with Gasteiger partial charge in [-0.25, -0.2) is 0 Å². The Balaban J connectivity index is 2.17. The fraction of sp³-hybridized carbons (Fsp3) is 1.00. The Morgan fingerprint density at radius 2 is 1.76 bits per heavy atom. The molecule has 0 bridgehead atoms. The number of likely N-dealkylation sites (N-methyl/N-ethyl adjacent to an activating group) is 1. The van der Waals surface area contributed by atoms with Gasteiger partial charge in [0.05, 0.1) is 5.60 Å². The van der Waals surface area contributed by atoms with Crippen molar-refractivity contribution >= 4 is 0 Å². The molecule has 3 atom stereocenters. The molecule has 2 rings (SSSR count). The Kier molecular flexibility index (Phi) is 7.01. The van der Waals surface area contributed by atoms with Crippen LogP contribution in [0.25, 0.3) is 0 Å². The van der Waals surface area contributed by atoms with E-state index in [4.69, 9.17) is 4.74 Å². The van der Waals surface area contributed by atoms with E-state index in [-0.39, 0.29) is 5.60 Å². The molecule has 0 aromatic heterocycles. The van der Waals surface area contributed by atoms with Crippen molar-refractivity contribution in [2.45, 2.75) is 96.6 Å². The molecule has 2 aliphatic rings. The molecular weight excluding hydrogens is 258 g/mol. The maximum absolute atomic E-state index is 6.49. The number of hydrogen-bond donors (Lipinski definition) is 1. The SMILES string of the molecule is CCNC(C1CCCC(C)C1)C1(OCC)CCCCCC1. The highest BCUT2D eigenvalue weighted by molar-refractivity contribution is 4.99. The van der Waals surface area contributed by atoms with E-state index in [2.05, 4.69) is 26.1 Å². The molecule has 2 heteroatoms. The first-order valence-electron chi connectivity index (χ1n) is 9.59. The van der Waals surface area contributed by atoms with Crippen LogP contribution in [0.4, 0.5) is 0 Å². The van der Waals surface area contributed by atoms with Gasteiger partial charge in [-0.05, 0) is 51.0 Å². The van der Waals surface area contributed by atoms with Crippen molar-refractivity contribution in [1.29, 1.82) is 0 Å². The van der Waals surface area contributed by atoms with E-state index < -0.39 is 0 Å². The zero-order chi connectivity index (χ0) is 15.1. The van der Waals surface area contributed by atoms with Crippen molar-refractivity contribution in [2.75, 3.05) is 13.2 Å². The molecule has 2 saturated carbocycles. The van der Waals surface area contributed by atoms with Gasteiger partial charge in [0.15, 0.2) is 0 Å². The van der Waals surface area contributed by atoms with Gasteiger partial charge in [-0.15, -0.1) is 0 Å². The molecule has 0 spiro atoms. The zero-order valence-corrected chi connectivity index (χ0v) is 14.6. The Bertz CT molecular complexity index is 283. The summed E-state index contributed by atoms with van der Waals surface area (Å²) in [5, 5.41) is 3.87. The summed E-state index contributed by atoms with van der Waals surface area (Å²) in [7, 11) is 0. The summed E-state index contributed by atoms with van der Waals surface area (Å²) >= 11 is 0. The van der Waals surface area contributed by atoms with Crippen LogP contribution in [-0.2, 0) is 4.74 Å². The predicted molar refractivity (Wildman–Crippen MR) is 90.6 cm³/mol. The van der Waals surface area contributed by atoms with Gasteiger partial charge in [0, 0.05) is 12.6 Å². The van der Waals surface area contributed by atoms with Crippen LogP contribution >= 0.6 is 0 Å². The lowest BCUT2D eigenvalue weighted by Gasteiger charge is -2.46. The zero-order valence-electron chi connectivity index (χ0n) is 14.6. The first-order valence-corrected chi connectivity index (χ1v) is 9.59. The molecule has 0 radical (unpaired) electrons. The lowest BCUT2D eigenvalue weighted by Crippen LogP contribution is -2.57. The van der Waals surface area contributed by atoms with Crippen molar-refractivity contribution in [3.63, 3.8) is 0 Å². The molecule has 0 aliphatic heterocycles. The second-order valence-electron chi connectivity index (χ2n) is 7.48. The highest BCUT2D eigenvalue weighted by Gasteiger charge is 2.44. The predicted octanol–water partition coefficient (Wildman–Crippen LogP) is 4.92. The van der Waals surface area contributed by atoms with E-state index in [1.807, 2.05) is 0 Å². The molecule has 0 heterocycles. The van der Waals surface area contributed by atoms with Crippen molar-refractivity contribution in [2.24, 2.45) is 11.8 Å². The number of ether oxygens (including phenoxy) is 1. The summed E-state index contributed by atoms with van der Waals surface area (Å²) in [6, 6.07) is 0.572. The third-order valence-corrected chi connectivity index (χ3v) is 5.82. The van der Waals surface area contributed by atoms with Crippen LogP contribution in [0, 0.1) is 11.8 Å². The van der Waals surface area contributed by atoms with Crippen LogP contribution in [-0.4, -0.2) is 24.8 Å². The molecule has 2 nitrogen and oxygen atoms in total. The molecule has 21 heavy (non-hydrogen) atoms. The first-order chi connectivity index (χ1) is 10.2. The lowest BCUT2D eigenvalue weighted by atomic mass is 9.71. The van der Waals surface area contributed by atoms with E-state index >= 15 is 0 Å². The molecule has 0 saturated heterocycles. The van der Waals surface area contributed by atoms with E-state index in [0.29, 0.717) is 6.04 Å². The topological polar surface area (TPSA) is 21.3 Å². The Morgan fingerprint density at radius 3 is 2.33 bits per heavy atom. The average molecular weight is 296 g/mol. The Hall–Kier alpha value is -0.0800. The smallest absolute Gasteiger partial charge is 0.0837 e. The lowest BCUT2D eigenvalue weighted by molar-refractivity contribution is -0.0946. The van der Waals surface area contributed by atoms with Crippen LogP contribution in [0.1, 0.15) is 85.0 Å². The van der Waals surface area contributed by atoms with Gasteiger partial charge in [-0.2, -0.15) is 0 Å². The fourth-order valence-electron chi connectivity index (χ4n) is 4.95. The van der Waals surface area contributed by atoms with Crippen LogP contribution < -0.4 is 5.32 Å². The van der Waals surface area contributed by atoms with E-state index in [0.717, 1.165) is 25.0 Å². The Morgan fingerprint density at radius 1 is 1.05 bits per heavy atom. The maximum Gasteiger partial charge on any atom is 0.0837 e. The molecule has 3 unspecified atom stereocenters. The molecular formula is C19H37NO. The van der Waals surface area contributed by atoms with Crippen molar-refractivity contribution < 1.29 is 4.74 Å². The summed E-state index contributed by atoms with van der Waals surface area (Å²) in [6.07, 6.45) is 13.7. The molecule has 2 aliphatic carbocycles. The molecule has 0 aromatic carbocycles. The summed E-state index contributed by atoms with van der Waals surface area (Å²) < 4.78 is 6.49. The van der Waals surface area contributed by atoms with Crippen molar-refractivity contribution in [3.05, 3.63) is 0 Å². The van der Waals surface area contributed by atoms with E-state index in [1.54, 1.807) is 0 Å². The highest BCUT2D eigenvalue weighted by atomic mass is 16.5. The average Bonchev–Trinajstić information content (AvgIpc) is 2.71. The van der Waals surface area contributed by atoms with Gasteiger partial charge in [0.1, 0.15) is 0 Å².